The molecule has 3 rings (SSSR count). The number of hydrogen-bond donors (Lipinski definition) is 1. The number of rotatable bonds is 9. The van der Waals surface area contributed by atoms with Crippen LogP contribution in [0.25, 0.3) is 0 Å². The highest BCUT2D eigenvalue weighted by Gasteiger charge is 2.34. The van der Waals surface area contributed by atoms with Crippen LogP contribution in [0, 0.1) is 5.82 Å². The fourth-order valence-corrected chi connectivity index (χ4v) is 3.73. The number of methoxy groups -OCH3 is 1. The summed E-state index contributed by atoms with van der Waals surface area (Å²) in [5.41, 5.74) is 1.21. The van der Waals surface area contributed by atoms with Gasteiger partial charge in [-0.1, -0.05) is 17.7 Å². The fraction of sp³-hybridized carbons (Fsp3) is 0.350. The SMILES string of the molecule is CCOC(=O)C1=C(COCCOC)NC(c2nccs2)=NC1c1ccc(F)cc1Cl. The van der Waals surface area contributed by atoms with E-state index in [1.165, 1.54) is 29.5 Å². The summed E-state index contributed by atoms with van der Waals surface area (Å²) >= 11 is 7.70. The highest BCUT2D eigenvalue weighted by Crippen LogP contribution is 2.36. The Morgan fingerprint density at radius 1 is 1.37 bits per heavy atom. The third-order valence-electron chi connectivity index (χ3n) is 4.19. The van der Waals surface area contributed by atoms with Gasteiger partial charge in [0, 0.05) is 29.3 Å². The lowest BCUT2D eigenvalue weighted by atomic mass is 9.95. The van der Waals surface area contributed by atoms with Gasteiger partial charge in [0.25, 0.3) is 0 Å². The second kappa shape index (κ2) is 10.6. The average molecular weight is 454 g/mol. The van der Waals surface area contributed by atoms with Crippen molar-refractivity contribution in [3.8, 4) is 0 Å². The van der Waals surface area contributed by atoms with E-state index in [0.29, 0.717) is 35.3 Å². The molecule has 2 aromatic rings. The van der Waals surface area contributed by atoms with Gasteiger partial charge in [0.1, 0.15) is 11.9 Å². The molecule has 1 aliphatic rings. The molecule has 0 saturated carbocycles. The normalized spacial score (nSPS) is 16.3. The Morgan fingerprint density at radius 2 is 2.20 bits per heavy atom. The molecule has 0 bridgehead atoms. The number of hydrogen-bond acceptors (Lipinski definition) is 8. The van der Waals surface area contributed by atoms with Crippen LogP contribution < -0.4 is 5.32 Å². The number of nitrogens with zero attached hydrogens (tertiary/aromatic N) is 2. The number of nitrogens with one attached hydrogen (secondary N) is 1. The number of aliphatic imine (C=N–C) groups is 1. The highest BCUT2D eigenvalue weighted by molar-refractivity contribution is 7.11. The van der Waals surface area contributed by atoms with Gasteiger partial charge >= 0.3 is 5.97 Å². The zero-order valence-corrected chi connectivity index (χ0v) is 18.1. The van der Waals surface area contributed by atoms with Crippen LogP contribution in [0.3, 0.4) is 0 Å². The van der Waals surface area contributed by atoms with Crippen LogP contribution in [0.4, 0.5) is 4.39 Å². The molecule has 30 heavy (non-hydrogen) atoms. The van der Waals surface area contributed by atoms with E-state index in [-0.39, 0.29) is 23.8 Å². The topological polar surface area (TPSA) is 82.0 Å². The summed E-state index contributed by atoms with van der Waals surface area (Å²) in [7, 11) is 1.57. The summed E-state index contributed by atoms with van der Waals surface area (Å²) in [5, 5.41) is 5.76. The summed E-state index contributed by atoms with van der Waals surface area (Å²) in [6.45, 7) is 2.74. The molecule has 7 nitrogen and oxygen atoms in total. The van der Waals surface area contributed by atoms with Gasteiger partial charge in [-0.3, -0.25) is 4.99 Å². The molecule has 0 saturated heterocycles. The lowest BCUT2D eigenvalue weighted by Gasteiger charge is -2.27. The molecule has 1 aromatic heterocycles. The predicted octanol–water partition coefficient (Wildman–Crippen LogP) is 3.51. The van der Waals surface area contributed by atoms with Crippen LogP contribution in [0.1, 0.15) is 23.5 Å². The van der Waals surface area contributed by atoms with Gasteiger partial charge in [0.05, 0.1) is 37.7 Å². The number of ether oxygens (including phenoxy) is 3. The Balaban J connectivity index is 2.07. The van der Waals surface area contributed by atoms with Gasteiger partial charge in [0.2, 0.25) is 0 Å². The van der Waals surface area contributed by atoms with E-state index in [2.05, 4.69) is 15.3 Å². The molecule has 2 heterocycles. The first-order valence-corrected chi connectivity index (χ1v) is 10.5. The number of benzene rings is 1. The smallest absolute Gasteiger partial charge is 0.338 e. The Labute approximate surface area is 182 Å². The van der Waals surface area contributed by atoms with Gasteiger partial charge in [-0.25, -0.2) is 14.2 Å². The molecule has 10 heteroatoms. The van der Waals surface area contributed by atoms with E-state index < -0.39 is 17.8 Å². The van der Waals surface area contributed by atoms with E-state index in [9.17, 15) is 9.18 Å². The molecule has 0 amide bonds. The molecule has 160 valence electrons. The van der Waals surface area contributed by atoms with Gasteiger partial charge in [-0.2, -0.15) is 0 Å². The number of carbonyl (C=O) groups is 1. The molecular weight excluding hydrogens is 433 g/mol. The number of esters is 1. The van der Waals surface area contributed by atoms with E-state index in [4.69, 9.17) is 25.8 Å². The van der Waals surface area contributed by atoms with Crippen molar-refractivity contribution in [2.24, 2.45) is 4.99 Å². The maximum Gasteiger partial charge on any atom is 0.338 e. The third-order valence-corrected chi connectivity index (χ3v) is 5.30. The van der Waals surface area contributed by atoms with Crippen molar-refractivity contribution in [1.82, 2.24) is 10.3 Å². The molecule has 0 spiro atoms. The van der Waals surface area contributed by atoms with Crippen molar-refractivity contribution in [3.63, 3.8) is 0 Å². The Kier molecular flexibility index (Phi) is 7.92. The minimum absolute atomic E-state index is 0.0945. The molecule has 1 unspecified atom stereocenters. The van der Waals surface area contributed by atoms with Crippen molar-refractivity contribution in [3.05, 3.63) is 62.5 Å². The quantitative estimate of drug-likeness (QED) is 0.462. The van der Waals surface area contributed by atoms with Crippen LogP contribution in [-0.2, 0) is 19.0 Å². The molecule has 1 aliphatic heterocycles. The molecule has 1 aromatic carbocycles. The van der Waals surface area contributed by atoms with E-state index in [0.717, 1.165) is 0 Å². The largest absolute Gasteiger partial charge is 0.463 e. The van der Waals surface area contributed by atoms with Gasteiger partial charge in [0.15, 0.2) is 10.8 Å². The van der Waals surface area contributed by atoms with Crippen molar-refractivity contribution in [2.45, 2.75) is 13.0 Å². The number of aromatic nitrogens is 1. The summed E-state index contributed by atoms with van der Waals surface area (Å²) in [5.74, 6) is -0.567. The minimum atomic E-state index is -0.807. The van der Waals surface area contributed by atoms with Gasteiger partial charge < -0.3 is 19.5 Å². The standard InChI is InChI=1S/C20H21ClFN3O4S/c1-3-29-20(26)16-15(11-28-8-7-27-2)24-18(19-23-6-9-30-19)25-17(16)13-5-4-12(22)10-14(13)21/h4-6,9-10,17H,3,7-8,11H2,1-2H3,(H,24,25). The molecule has 1 N–H and O–H groups in total. The molecule has 1 atom stereocenters. The zero-order chi connectivity index (χ0) is 21.5. The summed E-state index contributed by atoms with van der Waals surface area (Å²) in [6, 6.07) is 3.17. The monoisotopic (exact) mass is 453 g/mol. The lowest BCUT2D eigenvalue weighted by molar-refractivity contribution is -0.139. The van der Waals surface area contributed by atoms with Crippen LogP contribution in [0.2, 0.25) is 5.02 Å². The van der Waals surface area contributed by atoms with Crippen molar-refractivity contribution in [1.29, 1.82) is 0 Å². The van der Waals surface area contributed by atoms with E-state index in [1.807, 2.05) is 5.38 Å². The number of amidine groups is 1. The Hall–Kier alpha value is -2.33. The molecule has 0 aliphatic carbocycles. The summed E-state index contributed by atoms with van der Waals surface area (Å²) in [4.78, 5) is 21.8. The van der Waals surface area contributed by atoms with Crippen molar-refractivity contribution in [2.75, 3.05) is 33.5 Å². The summed E-state index contributed by atoms with van der Waals surface area (Å²) < 4.78 is 29.6. The van der Waals surface area contributed by atoms with E-state index >= 15 is 0 Å². The maximum absolute atomic E-state index is 13.6. The van der Waals surface area contributed by atoms with Gasteiger partial charge in [-0.05, 0) is 19.1 Å². The number of thiazole rings is 1. The minimum Gasteiger partial charge on any atom is -0.463 e. The number of carbonyl (C=O) groups excluding carboxylic acids is 1. The average Bonchev–Trinajstić information content (AvgIpc) is 3.26. The van der Waals surface area contributed by atoms with Crippen LogP contribution in [0.15, 0.2) is 46.0 Å². The lowest BCUT2D eigenvalue weighted by Crippen LogP contribution is -2.36. The first-order chi connectivity index (χ1) is 14.5. The predicted molar refractivity (Wildman–Crippen MR) is 112 cm³/mol. The molecular formula is C20H21ClFN3O4S. The van der Waals surface area contributed by atoms with Gasteiger partial charge in [-0.15, -0.1) is 11.3 Å². The van der Waals surface area contributed by atoms with Crippen molar-refractivity contribution >= 4 is 34.7 Å². The fourth-order valence-electron chi connectivity index (χ4n) is 2.87. The second-order valence-electron chi connectivity index (χ2n) is 6.17. The highest BCUT2D eigenvalue weighted by atomic mass is 35.5. The van der Waals surface area contributed by atoms with Crippen LogP contribution in [0.5, 0.6) is 0 Å². The first kappa shape index (κ1) is 22.4. The maximum atomic E-state index is 13.6. The van der Waals surface area contributed by atoms with Crippen LogP contribution in [-0.4, -0.2) is 50.3 Å². The Bertz CT molecular complexity index is 950. The second-order valence-corrected chi connectivity index (χ2v) is 7.47. The first-order valence-electron chi connectivity index (χ1n) is 9.21. The van der Waals surface area contributed by atoms with Crippen molar-refractivity contribution < 1.29 is 23.4 Å². The summed E-state index contributed by atoms with van der Waals surface area (Å²) in [6.07, 6.45) is 1.66. The van der Waals surface area contributed by atoms with E-state index in [1.54, 1.807) is 20.2 Å². The zero-order valence-electron chi connectivity index (χ0n) is 16.5. The third kappa shape index (κ3) is 5.23. The number of halogens is 2. The molecule has 0 fully saturated rings. The van der Waals surface area contributed by atoms with Crippen LogP contribution >= 0.6 is 22.9 Å². The Morgan fingerprint density at radius 3 is 2.87 bits per heavy atom. The molecule has 0 radical (unpaired) electrons.